The van der Waals surface area contributed by atoms with Crippen molar-refractivity contribution in [2.45, 2.75) is 13.0 Å². The number of imidazole rings is 1. The van der Waals surface area contributed by atoms with Gasteiger partial charge in [-0.3, -0.25) is 4.31 Å². The van der Waals surface area contributed by atoms with Gasteiger partial charge in [-0.25, -0.2) is 13.4 Å². The molecule has 0 aliphatic heterocycles. The van der Waals surface area contributed by atoms with Gasteiger partial charge in [-0.05, 0) is 36.8 Å². The Hall–Kier alpha value is -2.13. The molecule has 0 unspecified atom stereocenters. The van der Waals surface area contributed by atoms with Crippen molar-refractivity contribution in [1.82, 2.24) is 14.9 Å². The standard InChI is InChI=1S/C15H21N5O2S2/c1-19(24(2,21)22)14-6-3-5-13(11-14)18-15(23)17-7-4-9-20-10-8-16-12-20/h3,5-6,8,10-12H,4,7,9H2,1-2H3,(H2,17,18,23). The molecule has 1 aromatic carbocycles. The van der Waals surface area contributed by atoms with E-state index >= 15 is 0 Å². The fraction of sp³-hybridized carbons (Fsp3) is 0.333. The molecular weight excluding hydrogens is 346 g/mol. The van der Waals surface area contributed by atoms with Crippen LogP contribution in [0.15, 0.2) is 43.0 Å². The fourth-order valence-corrected chi connectivity index (χ4v) is 2.75. The lowest BCUT2D eigenvalue weighted by Crippen LogP contribution is -2.30. The monoisotopic (exact) mass is 367 g/mol. The molecule has 1 heterocycles. The number of thiocarbonyl (C=S) groups is 1. The highest BCUT2D eigenvalue weighted by Crippen LogP contribution is 2.20. The fourth-order valence-electron chi connectivity index (χ4n) is 2.03. The van der Waals surface area contributed by atoms with Crippen LogP contribution in [0.3, 0.4) is 0 Å². The molecule has 0 aliphatic rings. The van der Waals surface area contributed by atoms with Crippen molar-refractivity contribution in [3.8, 4) is 0 Å². The Balaban J connectivity index is 1.83. The SMILES string of the molecule is CN(c1cccc(NC(=S)NCCCn2ccnc2)c1)S(C)(=O)=O. The van der Waals surface area contributed by atoms with E-state index in [0.29, 0.717) is 10.8 Å². The second-order valence-corrected chi connectivity index (χ2v) is 7.74. The summed E-state index contributed by atoms with van der Waals surface area (Å²) in [4.78, 5) is 3.99. The van der Waals surface area contributed by atoms with Crippen molar-refractivity contribution in [1.29, 1.82) is 0 Å². The lowest BCUT2D eigenvalue weighted by atomic mass is 10.3. The Morgan fingerprint density at radius 1 is 1.42 bits per heavy atom. The summed E-state index contributed by atoms with van der Waals surface area (Å²) in [6.45, 7) is 1.59. The third kappa shape index (κ3) is 5.50. The smallest absolute Gasteiger partial charge is 0.231 e. The number of nitrogens with zero attached hydrogens (tertiary/aromatic N) is 3. The molecule has 9 heteroatoms. The summed E-state index contributed by atoms with van der Waals surface area (Å²) >= 11 is 5.26. The molecule has 24 heavy (non-hydrogen) atoms. The summed E-state index contributed by atoms with van der Waals surface area (Å²) < 4.78 is 26.4. The van der Waals surface area contributed by atoms with Gasteiger partial charge in [0.05, 0.1) is 18.3 Å². The zero-order chi connectivity index (χ0) is 17.6. The van der Waals surface area contributed by atoms with Crippen molar-refractivity contribution >= 4 is 38.7 Å². The minimum Gasteiger partial charge on any atom is -0.362 e. The zero-order valence-electron chi connectivity index (χ0n) is 13.6. The van der Waals surface area contributed by atoms with Crippen molar-refractivity contribution < 1.29 is 8.42 Å². The first-order valence-corrected chi connectivity index (χ1v) is 9.66. The molecule has 130 valence electrons. The number of anilines is 2. The molecule has 0 atom stereocenters. The second kappa shape index (κ2) is 8.11. The Morgan fingerprint density at radius 2 is 2.21 bits per heavy atom. The van der Waals surface area contributed by atoms with Gasteiger partial charge in [0, 0.05) is 38.2 Å². The largest absolute Gasteiger partial charge is 0.362 e. The van der Waals surface area contributed by atoms with Crippen LogP contribution in [0.4, 0.5) is 11.4 Å². The van der Waals surface area contributed by atoms with E-state index in [0.717, 1.165) is 25.2 Å². The highest BCUT2D eigenvalue weighted by molar-refractivity contribution is 7.92. The number of aryl methyl sites for hydroxylation is 1. The van der Waals surface area contributed by atoms with Gasteiger partial charge in [-0.2, -0.15) is 0 Å². The molecule has 7 nitrogen and oxygen atoms in total. The lowest BCUT2D eigenvalue weighted by molar-refractivity contribution is 0.600. The summed E-state index contributed by atoms with van der Waals surface area (Å²) in [7, 11) is -1.78. The first kappa shape index (κ1) is 18.2. The molecule has 0 amide bonds. The van der Waals surface area contributed by atoms with Crippen LogP contribution in [-0.4, -0.2) is 42.9 Å². The van der Waals surface area contributed by atoms with Gasteiger partial charge >= 0.3 is 0 Å². The second-order valence-electron chi connectivity index (χ2n) is 5.32. The molecule has 0 radical (unpaired) electrons. The van der Waals surface area contributed by atoms with Crippen LogP contribution in [0.1, 0.15) is 6.42 Å². The lowest BCUT2D eigenvalue weighted by Gasteiger charge is -2.18. The quantitative estimate of drug-likeness (QED) is 0.572. The van der Waals surface area contributed by atoms with Gasteiger partial charge < -0.3 is 15.2 Å². The van der Waals surface area contributed by atoms with Crippen molar-refractivity contribution in [2.75, 3.05) is 29.5 Å². The van der Waals surface area contributed by atoms with Gasteiger partial charge in [-0.1, -0.05) is 6.07 Å². The minimum atomic E-state index is -3.29. The molecule has 0 saturated carbocycles. The van der Waals surface area contributed by atoms with Crippen LogP contribution >= 0.6 is 12.2 Å². The number of hydrogen-bond acceptors (Lipinski definition) is 4. The molecule has 0 fully saturated rings. The number of aromatic nitrogens is 2. The molecular formula is C15H21N5O2S2. The molecule has 0 aliphatic carbocycles. The maximum Gasteiger partial charge on any atom is 0.231 e. The average Bonchev–Trinajstić information content (AvgIpc) is 3.03. The van der Waals surface area contributed by atoms with E-state index in [4.69, 9.17) is 12.2 Å². The normalized spacial score (nSPS) is 11.1. The Kier molecular flexibility index (Phi) is 6.16. The molecule has 2 aromatic rings. The van der Waals surface area contributed by atoms with Crippen LogP contribution in [0.25, 0.3) is 0 Å². The Morgan fingerprint density at radius 3 is 2.88 bits per heavy atom. The number of hydrogen-bond donors (Lipinski definition) is 2. The molecule has 0 spiro atoms. The summed E-state index contributed by atoms with van der Waals surface area (Å²) in [5, 5.41) is 6.69. The van der Waals surface area contributed by atoms with E-state index in [1.54, 1.807) is 30.7 Å². The summed E-state index contributed by atoms with van der Waals surface area (Å²) in [6.07, 6.45) is 7.52. The third-order valence-corrected chi connectivity index (χ3v) is 4.86. The van der Waals surface area contributed by atoms with Gasteiger partial charge in [0.15, 0.2) is 5.11 Å². The van der Waals surface area contributed by atoms with Crippen molar-refractivity contribution in [3.05, 3.63) is 43.0 Å². The predicted molar refractivity (Wildman–Crippen MR) is 101 cm³/mol. The van der Waals surface area contributed by atoms with Gasteiger partial charge in [0.25, 0.3) is 0 Å². The highest BCUT2D eigenvalue weighted by Gasteiger charge is 2.12. The predicted octanol–water partition coefficient (Wildman–Crippen LogP) is 1.66. The van der Waals surface area contributed by atoms with Crippen LogP contribution in [0, 0.1) is 0 Å². The van der Waals surface area contributed by atoms with Crippen molar-refractivity contribution in [2.24, 2.45) is 0 Å². The Bertz CT molecular complexity index is 775. The third-order valence-electron chi connectivity index (χ3n) is 3.40. The van der Waals surface area contributed by atoms with E-state index in [2.05, 4.69) is 15.6 Å². The highest BCUT2D eigenvalue weighted by atomic mass is 32.2. The molecule has 1 aromatic heterocycles. The molecule has 2 rings (SSSR count). The minimum absolute atomic E-state index is 0.500. The topological polar surface area (TPSA) is 79.3 Å². The van der Waals surface area contributed by atoms with Crippen LogP contribution in [0.2, 0.25) is 0 Å². The number of nitrogens with one attached hydrogen (secondary N) is 2. The van der Waals surface area contributed by atoms with Gasteiger partial charge in [0.2, 0.25) is 10.0 Å². The van der Waals surface area contributed by atoms with E-state index in [-0.39, 0.29) is 0 Å². The number of rotatable bonds is 7. The number of benzene rings is 1. The van der Waals surface area contributed by atoms with Crippen LogP contribution in [0.5, 0.6) is 0 Å². The summed E-state index contributed by atoms with van der Waals surface area (Å²) in [5.74, 6) is 0. The van der Waals surface area contributed by atoms with E-state index in [9.17, 15) is 8.42 Å². The average molecular weight is 368 g/mol. The van der Waals surface area contributed by atoms with E-state index in [1.165, 1.54) is 17.6 Å². The first-order valence-electron chi connectivity index (χ1n) is 7.41. The van der Waals surface area contributed by atoms with E-state index in [1.807, 2.05) is 16.8 Å². The maximum atomic E-state index is 11.6. The Labute approximate surface area is 147 Å². The number of sulfonamides is 1. The first-order chi connectivity index (χ1) is 11.4. The summed E-state index contributed by atoms with van der Waals surface area (Å²) in [6, 6.07) is 7.08. The summed E-state index contributed by atoms with van der Waals surface area (Å²) in [5.41, 5.74) is 1.31. The van der Waals surface area contributed by atoms with Gasteiger partial charge in [0.1, 0.15) is 0 Å². The van der Waals surface area contributed by atoms with Crippen molar-refractivity contribution in [3.63, 3.8) is 0 Å². The van der Waals surface area contributed by atoms with Crippen LogP contribution in [-0.2, 0) is 16.6 Å². The molecule has 0 bridgehead atoms. The van der Waals surface area contributed by atoms with Crippen LogP contribution < -0.4 is 14.9 Å². The van der Waals surface area contributed by atoms with E-state index < -0.39 is 10.0 Å². The molecule has 0 saturated heterocycles. The van der Waals surface area contributed by atoms with Gasteiger partial charge in [-0.15, -0.1) is 0 Å². The zero-order valence-corrected chi connectivity index (χ0v) is 15.3. The molecule has 2 N–H and O–H groups in total. The maximum absolute atomic E-state index is 11.6.